The Morgan fingerprint density at radius 3 is 2.75 bits per heavy atom. The lowest BCUT2D eigenvalue weighted by atomic mass is 9.94. The number of aliphatic imine (C=N–C) groups is 1. The van der Waals surface area contributed by atoms with Gasteiger partial charge in [0.2, 0.25) is 0 Å². The van der Waals surface area contributed by atoms with Crippen LogP contribution in [0.2, 0.25) is 0 Å². The van der Waals surface area contributed by atoms with Gasteiger partial charge in [0.15, 0.2) is 5.96 Å². The monoisotopic (exact) mass is 385 g/mol. The summed E-state index contributed by atoms with van der Waals surface area (Å²) >= 11 is 0. The molecule has 2 aromatic rings. The molecule has 1 N–H and O–H groups in total. The van der Waals surface area contributed by atoms with Crippen LogP contribution in [0.3, 0.4) is 0 Å². The third-order valence-corrected chi connectivity index (χ3v) is 5.13. The minimum atomic E-state index is -0.224. The van der Waals surface area contributed by atoms with E-state index >= 15 is 0 Å². The van der Waals surface area contributed by atoms with Crippen molar-refractivity contribution in [2.24, 2.45) is 4.99 Å². The van der Waals surface area contributed by atoms with Gasteiger partial charge in [-0.25, -0.2) is 4.68 Å². The molecule has 2 heterocycles. The van der Waals surface area contributed by atoms with Crippen molar-refractivity contribution in [3.63, 3.8) is 0 Å². The minimum absolute atomic E-state index is 0.224. The Kier molecular flexibility index (Phi) is 7.06. The average molecular weight is 386 g/mol. The van der Waals surface area contributed by atoms with Gasteiger partial charge in [0, 0.05) is 65.1 Å². The standard InChI is InChI=1S/C21H31N5O2/c1-4-22-20(23-17-21(27-3)10-12-28-13-11-21)25(2)15-18-14-24-26(16-18)19-8-6-5-7-9-19/h5-9,14,16H,4,10-13,15,17H2,1-3H3,(H,22,23). The number of para-hydroxylation sites is 1. The van der Waals surface area contributed by atoms with Crippen molar-refractivity contribution < 1.29 is 9.47 Å². The normalized spacial score (nSPS) is 16.8. The van der Waals surface area contributed by atoms with E-state index in [4.69, 9.17) is 14.5 Å². The van der Waals surface area contributed by atoms with E-state index in [1.807, 2.05) is 48.3 Å². The molecule has 0 unspecified atom stereocenters. The van der Waals surface area contributed by atoms with Crippen LogP contribution in [-0.4, -0.2) is 66.7 Å². The van der Waals surface area contributed by atoms with Crippen molar-refractivity contribution in [2.75, 3.05) is 40.5 Å². The molecule has 0 bridgehead atoms. The summed E-state index contributed by atoms with van der Waals surface area (Å²) in [6.45, 7) is 5.71. The summed E-state index contributed by atoms with van der Waals surface area (Å²) < 4.78 is 13.2. The molecule has 3 rings (SSSR count). The fraction of sp³-hybridized carbons (Fsp3) is 0.524. The van der Waals surface area contributed by atoms with E-state index in [2.05, 4.69) is 28.4 Å². The van der Waals surface area contributed by atoms with E-state index in [-0.39, 0.29) is 5.60 Å². The van der Waals surface area contributed by atoms with Gasteiger partial charge in [-0.3, -0.25) is 4.99 Å². The fourth-order valence-corrected chi connectivity index (χ4v) is 3.37. The molecular weight excluding hydrogens is 354 g/mol. The third-order valence-electron chi connectivity index (χ3n) is 5.13. The molecule has 1 aromatic carbocycles. The highest BCUT2D eigenvalue weighted by atomic mass is 16.5. The van der Waals surface area contributed by atoms with Gasteiger partial charge in [-0.1, -0.05) is 18.2 Å². The minimum Gasteiger partial charge on any atom is -0.381 e. The predicted octanol–water partition coefficient (Wildman–Crippen LogP) is 2.47. The zero-order valence-corrected chi connectivity index (χ0v) is 17.1. The number of nitrogens with one attached hydrogen (secondary N) is 1. The summed E-state index contributed by atoms with van der Waals surface area (Å²) in [5, 5.41) is 7.87. The summed E-state index contributed by atoms with van der Waals surface area (Å²) in [5.74, 6) is 0.873. The second-order valence-electron chi connectivity index (χ2n) is 7.15. The molecule has 7 nitrogen and oxygen atoms in total. The van der Waals surface area contributed by atoms with Gasteiger partial charge < -0.3 is 19.7 Å². The van der Waals surface area contributed by atoms with Gasteiger partial charge in [-0.2, -0.15) is 5.10 Å². The zero-order valence-electron chi connectivity index (χ0n) is 17.1. The van der Waals surface area contributed by atoms with Crippen LogP contribution >= 0.6 is 0 Å². The molecule has 0 spiro atoms. The van der Waals surface area contributed by atoms with E-state index in [0.29, 0.717) is 6.54 Å². The highest BCUT2D eigenvalue weighted by molar-refractivity contribution is 5.79. The molecule has 1 saturated heterocycles. The second kappa shape index (κ2) is 9.71. The molecule has 0 saturated carbocycles. The maximum absolute atomic E-state index is 5.81. The Hall–Kier alpha value is -2.38. The number of nitrogens with zero attached hydrogens (tertiary/aromatic N) is 4. The fourth-order valence-electron chi connectivity index (χ4n) is 3.37. The maximum Gasteiger partial charge on any atom is 0.194 e. The molecule has 28 heavy (non-hydrogen) atoms. The third kappa shape index (κ3) is 5.11. The lowest BCUT2D eigenvalue weighted by Crippen LogP contribution is -2.44. The van der Waals surface area contributed by atoms with Gasteiger partial charge in [0.05, 0.1) is 24.0 Å². The number of rotatable bonds is 7. The Bertz CT molecular complexity index is 753. The summed E-state index contributed by atoms with van der Waals surface area (Å²) in [7, 11) is 3.82. The Morgan fingerprint density at radius 2 is 2.07 bits per heavy atom. The van der Waals surface area contributed by atoms with Crippen molar-refractivity contribution in [3.05, 3.63) is 48.3 Å². The number of methoxy groups -OCH3 is 1. The van der Waals surface area contributed by atoms with Gasteiger partial charge in [-0.05, 0) is 19.1 Å². The van der Waals surface area contributed by atoms with Crippen LogP contribution in [0, 0.1) is 0 Å². The number of hydrogen-bond donors (Lipinski definition) is 1. The van der Waals surface area contributed by atoms with Crippen molar-refractivity contribution in [1.82, 2.24) is 20.0 Å². The molecule has 7 heteroatoms. The van der Waals surface area contributed by atoms with Crippen LogP contribution in [0.5, 0.6) is 0 Å². The quantitative estimate of drug-likeness (QED) is 0.586. The number of aromatic nitrogens is 2. The summed E-state index contributed by atoms with van der Waals surface area (Å²) in [4.78, 5) is 6.99. The lowest BCUT2D eigenvalue weighted by molar-refractivity contribution is -0.0829. The molecule has 1 aliphatic heterocycles. The summed E-state index contributed by atoms with van der Waals surface area (Å²) in [5.41, 5.74) is 1.96. The molecule has 0 radical (unpaired) electrons. The van der Waals surface area contributed by atoms with Crippen LogP contribution in [0.15, 0.2) is 47.7 Å². The van der Waals surface area contributed by atoms with Gasteiger partial charge in [0.25, 0.3) is 0 Å². The predicted molar refractivity (Wildman–Crippen MR) is 111 cm³/mol. The highest BCUT2D eigenvalue weighted by Crippen LogP contribution is 2.24. The van der Waals surface area contributed by atoms with Crippen LogP contribution in [-0.2, 0) is 16.0 Å². The van der Waals surface area contributed by atoms with Crippen LogP contribution in [0.4, 0.5) is 0 Å². The first-order valence-corrected chi connectivity index (χ1v) is 9.87. The maximum atomic E-state index is 5.81. The largest absolute Gasteiger partial charge is 0.381 e. The van der Waals surface area contributed by atoms with E-state index < -0.39 is 0 Å². The van der Waals surface area contributed by atoms with Crippen molar-refractivity contribution in [1.29, 1.82) is 0 Å². The smallest absolute Gasteiger partial charge is 0.194 e. The topological polar surface area (TPSA) is 63.9 Å². The number of benzene rings is 1. The molecule has 1 aliphatic rings. The number of ether oxygens (including phenoxy) is 2. The van der Waals surface area contributed by atoms with E-state index in [1.165, 1.54) is 0 Å². The first-order chi connectivity index (χ1) is 13.7. The van der Waals surface area contributed by atoms with Crippen molar-refractivity contribution >= 4 is 5.96 Å². The molecular formula is C21H31N5O2. The van der Waals surface area contributed by atoms with E-state index in [9.17, 15) is 0 Å². The molecule has 0 aliphatic carbocycles. The van der Waals surface area contributed by atoms with E-state index in [0.717, 1.165) is 56.4 Å². The average Bonchev–Trinajstić information content (AvgIpc) is 3.21. The molecule has 1 fully saturated rings. The second-order valence-corrected chi connectivity index (χ2v) is 7.15. The SMILES string of the molecule is CCNC(=NCC1(OC)CCOCC1)N(C)Cc1cnn(-c2ccccc2)c1. The highest BCUT2D eigenvalue weighted by Gasteiger charge is 2.32. The Morgan fingerprint density at radius 1 is 1.32 bits per heavy atom. The van der Waals surface area contributed by atoms with Gasteiger partial charge >= 0.3 is 0 Å². The Balaban J connectivity index is 1.67. The molecule has 1 aromatic heterocycles. The van der Waals surface area contributed by atoms with Crippen molar-refractivity contribution in [2.45, 2.75) is 31.9 Å². The van der Waals surface area contributed by atoms with Crippen LogP contribution in [0.25, 0.3) is 5.69 Å². The first-order valence-electron chi connectivity index (χ1n) is 9.87. The molecule has 0 atom stereocenters. The van der Waals surface area contributed by atoms with Crippen molar-refractivity contribution in [3.8, 4) is 5.69 Å². The Labute approximate surface area is 167 Å². The van der Waals surface area contributed by atoms with E-state index in [1.54, 1.807) is 7.11 Å². The van der Waals surface area contributed by atoms with Crippen LogP contribution < -0.4 is 5.32 Å². The number of guanidine groups is 1. The zero-order chi connectivity index (χ0) is 19.8. The summed E-state index contributed by atoms with van der Waals surface area (Å²) in [6, 6.07) is 10.1. The van der Waals surface area contributed by atoms with Gasteiger partial charge in [0.1, 0.15) is 0 Å². The number of hydrogen-bond acceptors (Lipinski definition) is 4. The van der Waals surface area contributed by atoms with Crippen LogP contribution in [0.1, 0.15) is 25.3 Å². The van der Waals surface area contributed by atoms with Gasteiger partial charge in [-0.15, -0.1) is 0 Å². The lowest BCUT2D eigenvalue weighted by Gasteiger charge is -2.35. The first kappa shape index (κ1) is 20.4. The molecule has 0 amide bonds. The summed E-state index contributed by atoms with van der Waals surface area (Å²) in [6.07, 6.45) is 5.71. The molecule has 152 valence electrons.